The van der Waals surface area contributed by atoms with Crippen LogP contribution in [0.4, 0.5) is 0 Å². The SMILES string of the molecule is CCONC(=O)c1sc(Cc2ccccc2)nc1C. The standard InChI is InChI=1S/C14H16N2O2S/c1-3-18-16-14(17)13-10(2)15-12(19-13)9-11-7-5-4-6-8-11/h4-8H,3,9H2,1-2H3,(H,16,17). The molecular formula is C14H16N2O2S. The predicted octanol–water partition coefficient (Wildman–Crippen LogP) is 2.72. The highest BCUT2D eigenvalue weighted by molar-refractivity contribution is 7.13. The fraction of sp³-hybridized carbons (Fsp3) is 0.286. The lowest BCUT2D eigenvalue weighted by molar-refractivity contribution is 0.0367. The van der Waals surface area contributed by atoms with Crippen LogP contribution in [0.25, 0.3) is 0 Å². The van der Waals surface area contributed by atoms with Crippen molar-refractivity contribution in [2.24, 2.45) is 0 Å². The summed E-state index contributed by atoms with van der Waals surface area (Å²) in [4.78, 5) is 21.8. The third-order valence-electron chi connectivity index (χ3n) is 2.55. The summed E-state index contributed by atoms with van der Waals surface area (Å²) >= 11 is 1.41. The molecule has 0 spiro atoms. The number of carbonyl (C=O) groups excluding carboxylic acids is 1. The molecule has 2 rings (SSSR count). The molecule has 4 nitrogen and oxygen atoms in total. The van der Waals surface area contributed by atoms with E-state index < -0.39 is 0 Å². The first-order valence-electron chi connectivity index (χ1n) is 6.13. The quantitative estimate of drug-likeness (QED) is 0.854. The van der Waals surface area contributed by atoms with E-state index in [2.05, 4.69) is 22.6 Å². The first kappa shape index (κ1) is 13.7. The summed E-state index contributed by atoms with van der Waals surface area (Å²) in [5, 5.41) is 0.936. The minimum Gasteiger partial charge on any atom is -0.274 e. The van der Waals surface area contributed by atoms with Crippen LogP contribution in [0.15, 0.2) is 30.3 Å². The van der Waals surface area contributed by atoms with Crippen molar-refractivity contribution in [3.05, 3.63) is 51.5 Å². The number of hydrogen-bond donors (Lipinski definition) is 1. The van der Waals surface area contributed by atoms with Crippen molar-refractivity contribution < 1.29 is 9.63 Å². The molecule has 100 valence electrons. The van der Waals surface area contributed by atoms with Crippen molar-refractivity contribution in [2.45, 2.75) is 20.3 Å². The Kier molecular flexibility index (Phi) is 4.65. The Morgan fingerprint density at radius 3 is 2.79 bits per heavy atom. The second-order valence-corrected chi connectivity index (χ2v) is 5.13. The van der Waals surface area contributed by atoms with Crippen LogP contribution in [-0.4, -0.2) is 17.5 Å². The third kappa shape index (κ3) is 3.62. The molecule has 19 heavy (non-hydrogen) atoms. The molecule has 1 amide bonds. The highest BCUT2D eigenvalue weighted by Gasteiger charge is 2.15. The van der Waals surface area contributed by atoms with E-state index in [4.69, 9.17) is 4.84 Å². The molecule has 1 aromatic carbocycles. The zero-order valence-electron chi connectivity index (χ0n) is 11.0. The molecule has 0 saturated heterocycles. The van der Waals surface area contributed by atoms with E-state index in [9.17, 15) is 4.79 Å². The number of amides is 1. The van der Waals surface area contributed by atoms with E-state index in [0.29, 0.717) is 11.5 Å². The van der Waals surface area contributed by atoms with Crippen LogP contribution in [0.3, 0.4) is 0 Å². The summed E-state index contributed by atoms with van der Waals surface area (Å²) in [5.74, 6) is -0.226. The molecular weight excluding hydrogens is 260 g/mol. The molecule has 0 saturated carbocycles. The zero-order chi connectivity index (χ0) is 13.7. The average Bonchev–Trinajstić information content (AvgIpc) is 2.78. The van der Waals surface area contributed by atoms with Crippen molar-refractivity contribution >= 4 is 17.2 Å². The summed E-state index contributed by atoms with van der Waals surface area (Å²) in [5.41, 5.74) is 4.33. The number of carbonyl (C=O) groups is 1. The Bertz CT molecular complexity index is 552. The molecule has 5 heteroatoms. The van der Waals surface area contributed by atoms with Gasteiger partial charge in [0.05, 0.1) is 17.3 Å². The van der Waals surface area contributed by atoms with Gasteiger partial charge < -0.3 is 0 Å². The van der Waals surface area contributed by atoms with Crippen LogP contribution in [0.5, 0.6) is 0 Å². The molecule has 0 fully saturated rings. The molecule has 0 bridgehead atoms. The molecule has 0 radical (unpaired) electrons. The monoisotopic (exact) mass is 276 g/mol. The summed E-state index contributed by atoms with van der Waals surface area (Å²) < 4.78 is 0. The van der Waals surface area contributed by atoms with Gasteiger partial charge in [-0.2, -0.15) is 0 Å². The molecule has 0 aliphatic rings. The van der Waals surface area contributed by atoms with Crippen LogP contribution in [-0.2, 0) is 11.3 Å². The maximum Gasteiger partial charge on any atom is 0.286 e. The van der Waals surface area contributed by atoms with Gasteiger partial charge in [-0.1, -0.05) is 30.3 Å². The van der Waals surface area contributed by atoms with Crippen molar-refractivity contribution in [1.82, 2.24) is 10.5 Å². The Balaban J connectivity index is 2.10. The van der Waals surface area contributed by atoms with Crippen molar-refractivity contribution in [3.8, 4) is 0 Å². The normalized spacial score (nSPS) is 10.4. The van der Waals surface area contributed by atoms with Crippen molar-refractivity contribution in [3.63, 3.8) is 0 Å². The molecule has 0 aliphatic heterocycles. The van der Waals surface area contributed by atoms with Crippen molar-refractivity contribution in [1.29, 1.82) is 0 Å². The number of nitrogens with zero attached hydrogens (tertiary/aromatic N) is 1. The van der Waals surface area contributed by atoms with Gasteiger partial charge in [0.2, 0.25) is 0 Å². The molecule has 1 heterocycles. The number of rotatable bonds is 5. The van der Waals surface area contributed by atoms with Crippen LogP contribution in [0.1, 0.15) is 32.9 Å². The molecule has 1 N–H and O–H groups in total. The highest BCUT2D eigenvalue weighted by atomic mass is 32.1. The summed E-state index contributed by atoms with van der Waals surface area (Å²) in [6.07, 6.45) is 0.744. The number of aryl methyl sites for hydroxylation is 1. The zero-order valence-corrected chi connectivity index (χ0v) is 11.8. The third-order valence-corrected chi connectivity index (χ3v) is 3.71. The van der Waals surface area contributed by atoms with E-state index >= 15 is 0 Å². The number of hydroxylamine groups is 1. The molecule has 0 atom stereocenters. The second-order valence-electron chi connectivity index (χ2n) is 4.05. The van der Waals surface area contributed by atoms with Gasteiger partial charge in [-0.15, -0.1) is 11.3 Å². The van der Waals surface area contributed by atoms with Gasteiger partial charge in [-0.05, 0) is 19.4 Å². The van der Waals surface area contributed by atoms with Gasteiger partial charge in [-0.25, -0.2) is 10.5 Å². The Labute approximate surface area is 116 Å². The predicted molar refractivity (Wildman–Crippen MR) is 75.2 cm³/mol. The molecule has 0 unspecified atom stereocenters. The maximum atomic E-state index is 11.8. The van der Waals surface area contributed by atoms with Gasteiger partial charge >= 0.3 is 0 Å². The second kappa shape index (κ2) is 6.45. The number of hydrogen-bond acceptors (Lipinski definition) is 4. The van der Waals surface area contributed by atoms with Crippen LogP contribution in [0, 0.1) is 6.92 Å². The molecule has 0 aliphatic carbocycles. The fourth-order valence-corrected chi connectivity index (χ4v) is 2.68. The summed E-state index contributed by atoms with van der Waals surface area (Å²) in [6, 6.07) is 10.1. The molecule has 1 aromatic heterocycles. The fourth-order valence-electron chi connectivity index (χ4n) is 1.69. The Morgan fingerprint density at radius 1 is 1.37 bits per heavy atom. The first-order valence-corrected chi connectivity index (χ1v) is 6.94. The highest BCUT2D eigenvalue weighted by Crippen LogP contribution is 2.20. The van der Waals surface area contributed by atoms with E-state index in [0.717, 1.165) is 17.1 Å². The van der Waals surface area contributed by atoms with Gasteiger partial charge in [0, 0.05) is 6.42 Å². The van der Waals surface area contributed by atoms with E-state index in [1.165, 1.54) is 16.9 Å². The summed E-state index contributed by atoms with van der Waals surface area (Å²) in [6.45, 7) is 4.10. The lowest BCUT2D eigenvalue weighted by atomic mass is 10.2. The Morgan fingerprint density at radius 2 is 2.11 bits per heavy atom. The van der Waals surface area contributed by atoms with Crippen molar-refractivity contribution in [2.75, 3.05) is 6.61 Å². The molecule has 2 aromatic rings. The van der Waals surface area contributed by atoms with Gasteiger partial charge in [0.1, 0.15) is 4.88 Å². The Hall–Kier alpha value is -1.72. The minimum atomic E-state index is -0.226. The minimum absolute atomic E-state index is 0.226. The van der Waals surface area contributed by atoms with Crippen LogP contribution in [0.2, 0.25) is 0 Å². The number of aromatic nitrogens is 1. The topological polar surface area (TPSA) is 51.2 Å². The number of nitrogens with one attached hydrogen (secondary N) is 1. The van der Waals surface area contributed by atoms with Gasteiger partial charge in [-0.3, -0.25) is 9.63 Å². The lowest BCUT2D eigenvalue weighted by Gasteiger charge is -2.01. The number of thiazole rings is 1. The van der Waals surface area contributed by atoms with Crippen LogP contribution < -0.4 is 5.48 Å². The van der Waals surface area contributed by atoms with E-state index in [1.54, 1.807) is 0 Å². The maximum absolute atomic E-state index is 11.8. The van der Waals surface area contributed by atoms with Crippen LogP contribution >= 0.6 is 11.3 Å². The largest absolute Gasteiger partial charge is 0.286 e. The average molecular weight is 276 g/mol. The smallest absolute Gasteiger partial charge is 0.274 e. The lowest BCUT2D eigenvalue weighted by Crippen LogP contribution is -2.23. The first-order chi connectivity index (χ1) is 9.20. The van der Waals surface area contributed by atoms with Gasteiger partial charge in [0.25, 0.3) is 5.91 Å². The van der Waals surface area contributed by atoms with Gasteiger partial charge in [0.15, 0.2) is 0 Å². The number of benzene rings is 1. The van der Waals surface area contributed by atoms with E-state index in [1.807, 2.05) is 32.0 Å². The van der Waals surface area contributed by atoms with E-state index in [-0.39, 0.29) is 5.91 Å². The summed E-state index contributed by atoms with van der Waals surface area (Å²) in [7, 11) is 0.